The molecule has 1 rings (SSSR count). The summed E-state index contributed by atoms with van der Waals surface area (Å²) in [6.07, 6.45) is 0.515. The van der Waals surface area contributed by atoms with Crippen molar-refractivity contribution in [3.8, 4) is 5.75 Å². The molecule has 0 aromatic heterocycles. The van der Waals surface area contributed by atoms with Gasteiger partial charge in [0.05, 0.1) is 10.6 Å². The van der Waals surface area contributed by atoms with Gasteiger partial charge in [-0.2, -0.15) is 0 Å². The lowest BCUT2D eigenvalue weighted by atomic mass is 9.94. The molecule has 0 saturated heterocycles. The zero-order valence-corrected chi connectivity index (χ0v) is 6.30. The van der Waals surface area contributed by atoms with Crippen LogP contribution in [0.25, 0.3) is 0 Å². The molecule has 1 aromatic rings. The zero-order chi connectivity index (χ0) is 8.43. The highest BCUT2D eigenvalue weighted by Gasteiger charge is 2.05. The molecule has 0 aliphatic heterocycles. The third-order valence-corrected chi connectivity index (χ3v) is 1.70. The van der Waals surface area contributed by atoms with Gasteiger partial charge in [0.1, 0.15) is 13.6 Å². The Bertz CT molecular complexity index is 299. The van der Waals surface area contributed by atoms with E-state index in [1.54, 1.807) is 0 Å². The first-order valence-electron chi connectivity index (χ1n) is 2.89. The predicted molar refractivity (Wildman–Crippen MR) is 43.9 cm³/mol. The number of aldehydes is 1. The quantitative estimate of drug-likeness (QED) is 0.491. The van der Waals surface area contributed by atoms with E-state index in [9.17, 15) is 4.79 Å². The number of hydrogen-bond donors (Lipinski definition) is 1. The van der Waals surface area contributed by atoms with Crippen LogP contribution in [0.2, 0.25) is 5.02 Å². The maximum atomic E-state index is 10.2. The lowest BCUT2D eigenvalue weighted by molar-refractivity contribution is 0.112. The van der Waals surface area contributed by atoms with Crippen LogP contribution in [0.4, 0.5) is 0 Å². The van der Waals surface area contributed by atoms with Gasteiger partial charge >= 0.3 is 0 Å². The molecule has 1 aromatic carbocycles. The molecule has 0 fully saturated rings. The van der Waals surface area contributed by atoms with Crippen molar-refractivity contribution in [3.63, 3.8) is 0 Å². The maximum Gasteiger partial charge on any atom is 0.153 e. The number of rotatable bonds is 1. The summed E-state index contributed by atoms with van der Waals surface area (Å²) in [4.78, 5) is 10.2. The fourth-order valence-electron chi connectivity index (χ4n) is 0.690. The number of benzene rings is 1. The van der Waals surface area contributed by atoms with Gasteiger partial charge in [-0.3, -0.25) is 4.79 Å². The molecule has 2 nitrogen and oxygen atoms in total. The SMILES string of the molecule is [B]c1ccc(C=O)c(O)c1Cl. The summed E-state index contributed by atoms with van der Waals surface area (Å²) in [5.41, 5.74) is 0.402. The Balaban J connectivity index is 3.36. The third kappa shape index (κ3) is 1.38. The van der Waals surface area contributed by atoms with Crippen molar-refractivity contribution < 1.29 is 9.90 Å². The van der Waals surface area contributed by atoms with E-state index in [2.05, 4.69) is 0 Å². The van der Waals surface area contributed by atoms with Crippen LogP contribution in [0, 0.1) is 0 Å². The molecule has 11 heavy (non-hydrogen) atoms. The summed E-state index contributed by atoms with van der Waals surface area (Å²) in [7, 11) is 5.34. The van der Waals surface area contributed by atoms with Gasteiger partial charge in [0.15, 0.2) is 6.29 Å². The van der Waals surface area contributed by atoms with E-state index in [0.717, 1.165) is 0 Å². The second-order valence-corrected chi connectivity index (χ2v) is 2.40. The van der Waals surface area contributed by atoms with Gasteiger partial charge in [-0.1, -0.05) is 23.1 Å². The van der Waals surface area contributed by atoms with Crippen LogP contribution >= 0.6 is 11.6 Å². The summed E-state index contributed by atoms with van der Waals surface area (Å²) in [5, 5.41) is 9.16. The van der Waals surface area contributed by atoms with Crippen molar-refractivity contribution in [1.82, 2.24) is 0 Å². The fourth-order valence-corrected chi connectivity index (χ4v) is 0.862. The monoisotopic (exact) mass is 166 g/mol. The van der Waals surface area contributed by atoms with Crippen LogP contribution in [-0.4, -0.2) is 19.2 Å². The van der Waals surface area contributed by atoms with Gasteiger partial charge in [0.2, 0.25) is 0 Å². The number of phenolic OH excluding ortho intramolecular Hbond substituents is 1. The second kappa shape index (κ2) is 2.97. The molecule has 0 aliphatic carbocycles. The minimum Gasteiger partial charge on any atom is -0.506 e. The van der Waals surface area contributed by atoms with E-state index in [-0.39, 0.29) is 21.8 Å². The van der Waals surface area contributed by atoms with Gasteiger partial charge in [0, 0.05) is 0 Å². The molecule has 2 radical (unpaired) electrons. The number of carbonyl (C=O) groups is 1. The average molecular weight is 166 g/mol. The van der Waals surface area contributed by atoms with E-state index in [1.165, 1.54) is 12.1 Å². The average Bonchev–Trinajstić information content (AvgIpc) is 2.01. The Labute approximate surface area is 70.2 Å². The van der Waals surface area contributed by atoms with E-state index >= 15 is 0 Å². The van der Waals surface area contributed by atoms with Crippen LogP contribution in [0.3, 0.4) is 0 Å². The summed E-state index contributed by atoms with van der Waals surface area (Å²) in [6.45, 7) is 0. The summed E-state index contributed by atoms with van der Waals surface area (Å²) in [5.74, 6) is -0.262. The van der Waals surface area contributed by atoms with Gasteiger partial charge in [0.25, 0.3) is 0 Å². The Morgan fingerprint density at radius 3 is 2.73 bits per heavy atom. The molecule has 0 heterocycles. The first-order chi connectivity index (χ1) is 5.16. The summed E-state index contributed by atoms with van der Waals surface area (Å²) < 4.78 is 0. The first kappa shape index (κ1) is 8.14. The molecule has 0 bridgehead atoms. The number of carbonyl (C=O) groups excluding carboxylic acids is 1. The molecule has 0 aliphatic rings. The Hall–Kier alpha value is -0.955. The lowest BCUT2D eigenvalue weighted by Crippen LogP contribution is -2.04. The van der Waals surface area contributed by atoms with E-state index in [4.69, 9.17) is 24.6 Å². The number of hydrogen-bond acceptors (Lipinski definition) is 2. The van der Waals surface area contributed by atoms with Crippen molar-refractivity contribution in [1.29, 1.82) is 0 Å². The van der Waals surface area contributed by atoms with Crippen LogP contribution in [-0.2, 0) is 0 Å². The normalized spacial score (nSPS) is 9.55. The van der Waals surface area contributed by atoms with Gasteiger partial charge in [-0.15, -0.1) is 0 Å². The Kier molecular flexibility index (Phi) is 2.20. The molecule has 0 atom stereocenters. The smallest absolute Gasteiger partial charge is 0.153 e. The summed E-state index contributed by atoms with van der Waals surface area (Å²) >= 11 is 5.53. The number of halogens is 1. The Morgan fingerprint density at radius 2 is 2.18 bits per heavy atom. The molecule has 4 heteroatoms. The zero-order valence-electron chi connectivity index (χ0n) is 5.54. The number of phenols is 1. The summed E-state index contributed by atoms with van der Waals surface area (Å²) in [6, 6.07) is 2.87. The fraction of sp³-hybridized carbons (Fsp3) is 0. The topological polar surface area (TPSA) is 37.3 Å². The van der Waals surface area contributed by atoms with Crippen LogP contribution in [0.5, 0.6) is 5.75 Å². The minimum absolute atomic E-state index is 0.0228. The second-order valence-electron chi connectivity index (χ2n) is 2.02. The van der Waals surface area contributed by atoms with Crippen molar-refractivity contribution in [2.75, 3.05) is 0 Å². The van der Waals surface area contributed by atoms with Gasteiger partial charge in [-0.25, -0.2) is 0 Å². The molecule has 54 valence electrons. The van der Waals surface area contributed by atoms with Gasteiger partial charge < -0.3 is 5.11 Å². The van der Waals surface area contributed by atoms with Crippen molar-refractivity contribution in [2.45, 2.75) is 0 Å². The molecular weight excluding hydrogens is 162 g/mol. The third-order valence-electron chi connectivity index (χ3n) is 1.30. The van der Waals surface area contributed by atoms with Crippen LogP contribution < -0.4 is 5.46 Å². The molecule has 0 saturated carbocycles. The Morgan fingerprint density at radius 1 is 1.55 bits per heavy atom. The van der Waals surface area contributed by atoms with Crippen molar-refractivity contribution >= 4 is 31.2 Å². The van der Waals surface area contributed by atoms with Crippen molar-refractivity contribution in [3.05, 3.63) is 22.7 Å². The highest BCUT2D eigenvalue weighted by Crippen LogP contribution is 2.23. The first-order valence-corrected chi connectivity index (χ1v) is 3.26. The minimum atomic E-state index is -0.262. The molecule has 0 amide bonds. The standard InChI is InChI=1S/C7H4BClO2/c8-5-2-1-4(3-10)7(11)6(5)9/h1-3,11H. The van der Waals surface area contributed by atoms with Crippen molar-refractivity contribution in [2.24, 2.45) is 0 Å². The molecular formula is C7H4BClO2. The lowest BCUT2D eigenvalue weighted by Gasteiger charge is -2.02. The van der Waals surface area contributed by atoms with E-state index < -0.39 is 0 Å². The largest absolute Gasteiger partial charge is 0.506 e. The van der Waals surface area contributed by atoms with E-state index in [1.807, 2.05) is 0 Å². The highest BCUT2D eigenvalue weighted by molar-refractivity contribution is 6.46. The van der Waals surface area contributed by atoms with Crippen LogP contribution in [0.1, 0.15) is 10.4 Å². The predicted octanol–water partition coefficient (Wildman–Crippen LogP) is 0.652. The molecule has 0 unspecified atom stereocenters. The van der Waals surface area contributed by atoms with E-state index in [0.29, 0.717) is 6.29 Å². The molecule has 1 N–H and O–H groups in total. The molecule has 0 spiro atoms. The number of aromatic hydroxyl groups is 1. The highest BCUT2D eigenvalue weighted by atomic mass is 35.5. The van der Waals surface area contributed by atoms with Gasteiger partial charge in [-0.05, 0) is 6.07 Å². The maximum absolute atomic E-state index is 10.2. The van der Waals surface area contributed by atoms with Crippen LogP contribution in [0.15, 0.2) is 12.1 Å².